The van der Waals surface area contributed by atoms with Crippen LogP contribution in [0.25, 0.3) is 0 Å². The second-order valence-corrected chi connectivity index (χ2v) is 12.9. The molecule has 0 radical (unpaired) electrons. The summed E-state index contributed by atoms with van der Waals surface area (Å²) < 4.78 is 4.77. The van der Waals surface area contributed by atoms with Gasteiger partial charge in [-0.3, -0.25) is 14.4 Å². The van der Waals surface area contributed by atoms with Crippen LogP contribution in [0.1, 0.15) is 48.4 Å². The predicted molar refractivity (Wildman–Crippen MR) is 197 cm³/mol. The molecule has 264 valence electrons. The smallest absolute Gasteiger partial charge is 0.407 e. The molecular weight excluding hydrogens is 644 g/mol. The SMILES string of the molecule is COC(=O)NC(C(=O)N1CCCC1C(=O)Nc1ccc(CN(Cc2ccc(NC(=O)C3CCCN3)cc2)c2ccccc2)cc1)c1ccccc1. The Bertz CT molecular complexity index is 1780. The summed E-state index contributed by atoms with van der Waals surface area (Å²) in [5.41, 5.74) is 5.25. The molecule has 4 aromatic rings. The fourth-order valence-electron chi connectivity index (χ4n) is 6.65. The van der Waals surface area contributed by atoms with Crippen molar-refractivity contribution in [2.75, 3.05) is 35.7 Å². The van der Waals surface area contributed by atoms with Gasteiger partial charge >= 0.3 is 6.09 Å². The number of carbonyl (C=O) groups excluding carboxylic acids is 4. The van der Waals surface area contributed by atoms with Crippen LogP contribution in [-0.4, -0.2) is 61.0 Å². The van der Waals surface area contributed by atoms with E-state index in [1.165, 1.54) is 7.11 Å². The number of hydrogen-bond acceptors (Lipinski definition) is 7. The van der Waals surface area contributed by atoms with Gasteiger partial charge in [-0.05, 0) is 85.3 Å². The first-order chi connectivity index (χ1) is 24.9. The summed E-state index contributed by atoms with van der Waals surface area (Å²) in [6.45, 7) is 2.57. The van der Waals surface area contributed by atoms with E-state index in [-0.39, 0.29) is 23.8 Å². The second-order valence-electron chi connectivity index (χ2n) is 12.9. The fraction of sp³-hybridized carbons (Fsp3) is 0.300. The molecule has 0 spiro atoms. The first kappa shape index (κ1) is 35.2. The maximum Gasteiger partial charge on any atom is 0.407 e. The van der Waals surface area contributed by atoms with Crippen molar-refractivity contribution in [1.82, 2.24) is 15.5 Å². The minimum absolute atomic E-state index is 0.00416. The van der Waals surface area contributed by atoms with Crippen molar-refractivity contribution in [1.29, 1.82) is 0 Å². The van der Waals surface area contributed by atoms with E-state index >= 15 is 0 Å². The molecule has 2 aliphatic heterocycles. The average molecular weight is 689 g/mol. The van der Waals surface area contributed by atoms with Gasteiger partial charge in [-0.2, -0.15) is 0 Å². The third kappa shape index (κ3) is 9.11. The highest BCUT2D eigenvalue weighted by Gasteiger charge is 2.38. The number of ether oxygens (including phenoxy) is 1. The Morgan fingerprint density at radius 1 is 0.765 bits per heavy atom. The normalized spacial score (nSPS) is 17.3. The predicted octanol–water partition coefficient (Wildman–Crippen LogP) is 5.61. The van der Waals surface area contributed by atoms with Crippen LogP contribution in [-0.2, 0) is 32.2 Å². The lowest BCUT2D eigenvalue weighted by Gasteiger charge is -2.28. The molecule has 3 unspecified atom stereocenters. The van der Waals surface area contributed by atoms with Gasteiger partial charge in [0, 0.05) is 36.7 Å². The molecule has 0 aromatic heterocycles. The Kier molecular flexibility index (Phi) is 11.6. The minimum Gasteiger partial charge on any atom is -0.453 e. The highest BCUT2D eigenvalue weighted by molar-refractivity contribution is 5.99. The van der Waals surface area contributed by atoms with Crippen molar-refractivity contribution >= 4 is 40.9 Å². The fourth-order valence-corrected chi connectivity index (χ4v) is 6.65. The lowest BCUT2D eigenvalue weighted by Crippen LogP contribution is -2.48. The van der Waals surface area contributed by atoms with Crippen LogP contribution >= 0.6 is 0 Å². The first-order valence-corrected chi connectivity index (χ1v) is 17.4. The molecule has 4 amide bonds. The van der Waals surface area contributed by atoms with Crippen LogP contribution in [0.4, 0.5) is 21.9 Å². The van der Waals surface area contributed by atoms with Gasteiger partial charge < -0.3 is 35.8 Å². The third-order valence-electron chi connectivity index (χ3n) is 9.35. The summed E-state index contributed by atoms with van der Waals surface area (Å²) in [4.78, 5) is 55.7. The van der Waals surface area contributed by atoms with E-state index in [0.29, 0.717) is 43.7 Å². The van der Waals surface area contributed by atoms with Crippen LogP contribution in [0.2, 0.25) is 0 Å². The Morgan fingerprint density at radius 3 is 1.92 bits per heavy atom. The van der Waals surface area contributed by atoms with E-state index < -0.39 is 18.2 Å². The van der Waals surface area contributed by atoms with E-state index in [9.17, 15) is 19.2 Å². The number of alkyl carbamates (subject to hydrolysis) is 1. The molecule has 3 atom stereocenters. The number of carbonyl (C=O) groups is 4. The van der Waals surface area contributed by atoms with Crippen LogP contribution in [0.3, 0.4) is 0 Å². The van der Waals surface area contributed by atoms with Gasteiger partial charge in [-0.1, -0.05) is 72.8 Å². The monoisotopic (exact) mass is 688 g/mol. The molecule has 0 saturated carbocycles. The van der Waals surface area contributed by atoms with Gasteiger partial charge in [0.15, 0.2) is 0 Å². The molecule has 11 heteroatoms. The zero-order valence-corrected chi connectivity index (χ0v) is 28.7. The number of nitrogens with zero attached hydrogens (tertiary/aromatic N) is 2. The molecule has 2 saturated heterocycles. The molecule has 2 heterocycles. The van der Waals surface area contributed by atoms with Crippen molar-refractivity contribution in [2.24, 2.45) is 0 Å². The van der Waals surface area contributed by atoms with E-state index in [1.807, 2.05) is 72.8 Å². The van der Waals surface area contributed by atoms with Gasteiger partial charge in [0.2, 0.25) is 11.8 Å². The highest BCUT2D eigenvalue weighted by Crippen LogP contribution is 2.26. The standard InChI is InChI=1S/C40H44N6O5/c1-51-40(50)44-36(30-10-4-2-5-11-30)39(49)46-25-9-15-35(46)38(48)43-32-22-18-29(19-23-32)27-45(33-12-6-3-7-13-33)26-28-16-20-31(21-17-28)42-37(47)34-14-8-24-41-34/h2-7,10-13,16-23,34-36,41H,8-9,14-15,24-27H2,1H3,(H,42,47)(H,43,48)(H,44,50). The molecule has 6 rings (SSSR count). The van der Waals surface area contributed by atoms with Gasteiger partial charge in [0.05, 0.1) is 13.2 Å². The molecule has 2 fully saturated rings. The average Bonchev–Trinajstić information content (AvgIpc) is 3.89. The Morgan fingerprint density at radius 2 is 1.35 bits per heavy atom. The first-order valence-electron chi connectivity index (χ1n) is 17.4. The van der Waals surface area contributed by atoms with Crippen LogP contribution in [0.15, 0.2) is 109 Å². The zero-order valence-electron chi connectivity index (χ0n) is 28.7. The van der Waals surface area contributed by atoms with Gasteiger partial charge in [0.25, 0.3) is 5.91 Å². The van der Waals surface area contributed by atoms with Crippen molar-refractivity contribution in [3.8, 4) is 0 Å². The van der Waals surface area contributed by atoms with Gasteiger partial charge in [-0.25, -0.2) is 4.79 Å². The summed E-state index contributed by atoms with van der Waals surface area (Å²) in [6, 6.07) is 33.0. The summed E-state index contributed by atoms with van der Waals surface area (Å²) in [5, 5.41) is 11.9. The molecule has 4 aromatic carbocycles. The highest BCUT2D eigenvalue weighted by atomic mass is 16.5. The minimum atomic E-state index is -0.975. The summed E-state index contributed by atoms with van der Waals surface area (Å²) in [6.07, 6.45) is 2.34. The quantitative estimate of drug-likeness (QED) is 0.152. The molecule has 0 bridgehead atoms. The Balaban J connectivity index is 1.09. The number of para-hydroxylation sites is 1. The molecule has 11 nitrogen and oxygen atoms in total. The van der Waals surface area contributed by atoms with Crippen molar-refractivity contribution in [3.05, 3.63) is 126 Å². The molecule has 4 N–H and O–H groups in total. The number of amides is 4. The summed E-state index contributed by atoms with van der Waals surface area (Å²) in [5.74, 6) is -0.630. The van der Waals surface area contributed by atoms with E-state index in [0.717, 1.165) is 41.9 Å². The Hall–Kier alpha value is -5.68. The van der Waals surface area contributed by atoms with Gasteiger partial charge in [-0.15, -0.1) is 0 Å². The summed E-state index contributed by atoms with van der Waals surface area (Å²) in [7, 11) is 1.25. The van der Waals surface area contributed by atoms with Crippen molar-refractivity contribution in [3.63, 3.8) is 0 Å². The van der Waals surface area contributed by atoms with E-state index in [2.05, 4.69) is 38.3 Å². The van der Waals surface area contributed by atoms with E-state index in [1.54, 1.807) is 29.2 Å². The number of rotatable bonds is 12. The molecule has 2 aliphatic rings. The largest absolute Gasteiger partial charge is 0.453 e. The van der Waals surface area contributed by atoms with E-state index in [4.69, 9.17) is 4.74 Å². The number of methoxy groups -OCH3 is 1. The molecular formula is C40H44N6O5. The summed E-state index contributed by atoms with van der Waals surface area (Å²) >= 11 is 0. The van der Waals surface area contributed by atoms with Crippen LogP contribution in [0, 0.1) is 0 Å². The number of anilines is 3. The third-order valence-corrected chi connectivity index (χ3v) is 9.35. The van der Waals surface area contributed by atoms with Crippen LogP contribution in [0.5, 0.6) is 0 Å². The zero-order chi connectivity index (χ0) is 35.6. The van der Waals surface area contributed by atoms with Crippen LogP contribution < -0.4 is 26.2 Å². The van der Waals surface area contributed by atoms with Crippen molar-refractivity contribution < 1.29 is 23.9 Å². The maximum atomic E-state index is 13.7. The number of likely N-dealkylation sites (tertiary alicyclic amines) is 1. The van der Waals surface area contributed by atoms with Gasteiger partial charge in [0.1, 0.15) is 12.1 Å². The molecule has 51 heavy (non-hydrogen) atoms. The second kappa shape index (κ2) is 16.8. The van der Waals surface area contributed by atoms with Crippen molar-refractivity contribution in [2.45, 2.75) is 56.9 Å². The number of benzene rings is 4. The lowest BCUT2D eigenvalue weighted by atomic mass is 10.0. The number of hydrogen-bond donors (Lipinski definition) is 4. The Labute approximate surface area is 298 Å². The maximum absolute atomic E-state index is 13.7. The molecule has 0 aliphatic carbocycles. The topological polar surface area (TPSA) is 132 Å². The lowest BCUT2D eigenvalue weighted by molar-refractivity contribution is -0.138. The number of nitrogens with one attached hydrogen (secondary N) is 4.